The predicted molar refractivity (Wildman–Crippen MR) is 110 cm³/mol. The highest BCUT2D eigenvalue weighted by atomic mass is 28.4. The number of carbonyl (C=O) groups is 1. The van der Waals surface area contributed by atoms with E-state index in [4.69, 9.17) is 14.0 Å². The van der Waals surface area contributed by atoms with Crippen LogP contribution in [0.25, 0.3) is 0 Å². The van der Waals surface area contributed by atoms with E-state index in [0.29, 0.717) is 6.61 Å². The van der Waals surface area contributed by atoms with Crippen LogP contribution in [0.15, 0.2) is 12.7 Å². The van der Waals surface area contributed by atoms with Crippen molar-refractivity contribution < 1.29 is 18.8 Å². The summed E-state index contributed by atoms with van der Waals surface area (Å²) in [5.41, 5.74) is 0. The maximum absolute atomic E-state index is 11.2. The highest BCUT2D eigenvalue weighted by Gasteiger charge is 2.42. The van der Waals surface area contributed by atoms with Gasteiger partial charge in [-0.25, -0.2) is 4.79 Å². The van der Waals surface area contributed by atoms with Gasteiger partial charge < -0.3 is 19.3 Å². The van der Waals surface area contributed by atoms with Crippen LogP contribution in [-0.4, -0.2) is 46.6 Å². The van der Waals surface area contributed by atoms with Crippen LogP contribution in [0.5, 0.6) is 0 Å². The fourth-order valence-corrected chi connectivity index (χ4v) is 4.06. The molecule has 0 saturated heterocycles. The summed E-state index contributed by atoms with van der Waals surface area (Å²) in [4.78, 5) is 11.2. The second-order valence-corrected chi connectivity index (χ2v) is 19.3. The van der Waals surface area contributed by atoms with Gasteiger partial charge in [0, 0.05) is 0 Å². The molecule has 2 N–H and O–H groups in total. The molecule has 1 unspecified atom stereocenters. The molecule has 7 heteroatoms. The summed E-state index contributed by atoms with van der Waals surface area (Å²) in [6, 6.07) is -0.503. The van der Waals surface area contributed by atoms with Crippen molar-refractivity contribution in [2.75, 3.05) is 6.61 Å². The molecule has 5 nitrogen and oxygen atoms in total. The summed E-state index contributed by atoms with van der Waals surface area (Å²) in [5, 5.41) is 11.8. The van der Waals surface area contributed by atoms with E-state index in [1.807, 2.05) is 0 Å². The Morgan fingerprint density at radius 2 is 1.52 bits per heavy atom. The van der Waals surface area contributed by atoms with E-state index < -0.39 is 28.8 Å². The second kappa shape index (κ2) is 8.37. The molecule has 0 aromatic heterocycles. The van der Waals surface area contributed by atoms with Crippen molar-refractivity contribution in [1.82, 2.24) is 5.32 Å². The molecule has 0 aromatic carbocycles. The first-order valence-corrected chi connectivity index (χ1v) is 14.7. The number of rotatable bonds is 8. The summed E-state index contributed by atoms with van der Waals surface area (Å²) in [6.45, 7) is 25.9. The molecule has 0 aliphatic rings. The van der Waals surface area contributed by atoms with Gasteiger partial charge in [-0.05, 0) is 36.3 Å². The van der Waals surface area contributed by atoms with E-state index in [-0.39, 0.29) is 16.2 Å². The Kier molecular flexibility index (Phi) is 8.16. The number of carboxylic acid groups (broad SMARTS) is 1. The van der Waals surface area contributed by atoms with Crippen molar-refractivity contribution in [2.45, 2.75) is 90.0 Å². The summed E-state index contributed by atoms with van der Waals surface area (Å²) in [5.74, 6) is 0. The van der Waals surface area contributed by atoms with Crippen molar-refractivity contribution in [3.05, 3.63) is 12.7 Å². The summed E-state index contributed by atoms with van der Waals surface area (Å²) in [6.07, 6.45) is 0.130. The third-order valence-electron chi connectivity index (χ3n) is 5.61. The van der Waals surface area contributed by atoms with E-state index in [0.717, 1.165) is 0 Å². The van der Waals surface area contributed by atoms with Gasteiger partial charge in [0.05, 0.1) is 18.8 Å². The molecule has 0 saturated carbocycles. The van der Waals surface area contributed by atoms with Gasteiger partial charge in [0.15, 0.2) is 16.6 Å². The summed E-state index contributed by atoms with van der Waals surface area (Å²) in [7, 11) is -4.05. The molecule has 0 spiro atoms. The first-order chi connectivity index (χ1) is 10.9. The molecule has 0 rings (SSSR count). The van der Waals surface area contributed by atoms with Crippen LogP contribution >= 0.6 is 0 Å². The Morgan fingerprint density at radius 3 is 1.84 bits per heavy atom. The summed E-state index contributed by atoms with van der Waals surface area (Å²) < 4.78 is 12.8. The van der Waals surface area contributed by atoms with Crippen molar-refractivity contribution in [1.29, 1.82) is 0 Å². The van der Waals surface area contributed by atoms with Crippen LogP contribution in [0, 0.1) is 0 Å². The van der Waals surface area contributed by atoms with Crippen LogP contribution in [-0.2, 0) is 8.85 Å². The quantitative estimate of drug-likeness (QED) is 0.441. The number of hydrogen-bond donors (Lipinski definition) is 2. The first-order valence-electron chi connectivity index (χ1n) is 8.88. The minimum Gasteiger partial charge on any atom is -0.465 e. The van der Waals surface area contributed by atoms with Crippen LogP contribution in [0.4, 0.5) is 4.79 Å². The normalized spacial score (nSPS) is 16.2. The predicted octanol–water partition coefficient (Wildman–Crippen LogP) is 5.22. The Balaban J connectivity index is 5.47. The highest BCUT2D eigenvalue weighted by Crippen LogP contribution is 2.39. The highest BCUT2D eigenvalue weighted by molar-refractivity contribution is 6.74. The van der Waals surface area contributed by atoms with E-state index in [9.17, 15) is 4.79 Å². The smallest absolute Gasteiger partial charge is 0.405 e. The first kappa shape index (κ1) is 24.4. The van der Waals surface area contributed by atoms with Crippen molar-refractivity contribution in [2.24, 2.45) is 0 Å². The van der Waals surface area contributed by atoms with E-state index >= 15 is 0 Å². The summed E-state index contributed by atoms with van der Waals surface area (Å²) >= 11 is 0. The average Bonchev–Trinajstić information content (AvgIpc) is 2.38. The van der Waals surface area contributed by atoms with E-state index in [1.54, 1.807) is 6.08 Å². The molecule has 0 heterocycles. The van der Waals surface area contributed by atoms with Gasteiger partial charge >= 0.3 is 6.09 Å². The van der Waals surface area contributed by atoms with Gasteiger partial charge in [-0.1, -0.05) is 47.6 Å². The molecule has 0 radical (unpaired) electrons. The standard InChI is InChI=1S/C18H39NO4Si2/c1-12-14(19-16(20)21)15(23-25(10,11)18(5,6)7)13-22-24(8,9)17(2,3)4/h12,14-15,19H,1,13H2,2-11H3,(H,20,21)/t14-,15?/m0/s1. The molecule has 0 aromatic rings. The Labute approximate surface area is 156 Å². The number of amides is 1. The lowest BCUT2D eigenvalue weighted by Gasteiger charge is -2.43. The third-order valence-corrected chi connectivity index (χ3v) is 14.6. The molecule has 25 heavy (non-hydrogen) atoms. The second-order valence-electron chi connectivity index (χ2n) is 9.70. The minimum atomic E-state index is -2.09. The zero-order valence-corrected chi connectivity index (χ0v) is 19.8. The fraction of sp³-hybridized carbons (Fsp3) is 0.833. The largest absolute Gasteiger partial charge is 0.465 e. The molecule has 0 aliphatic heterocycles. The van der Waals surface area contributed by atoms with Crippen LogP contribution < -0.4 is 5.32 Å². The third kappa shape index (κ3) is 7.25. The van der Waals surface area contributed by atoms with Gasteiger partial charge in [0.2, 0.25) is 0 Å². The molecular formula is C18H39NO4Si2. The van der Waals surface area contributed by atoms with Gasteiger partial charge in [-0.2, -0.15) is 0 Å². The fourth-order valence-electron chi connectivity index (χ4n) is 1.72. The molecule has 1 amide bonds. The van der Waals surface area contributed by atoms with Crippen LogP contribution in [0.2, 0.25) is 36.3 Å². The topological polar surface area (TPSA) is 67.8 Å². The maximum atomic E-state index is 11.2. The average molecular weight is 390 g/mol. The van der Waals surface area contributed by atoms with Gasteiger partial charge in [-0.3, -0.25) is 0 Å². The lowest BCUT2D eigenvalue weighted by molar-refractivity contribution is 0.0866. The van der Waals surface area contributed by atoms with Gasteiger partial charge in [-0.15, -0.1) is 6.58 Å². The maximum Gasteiger partial charge on any atom is 0.405 e. The lowest BCUT2D eigenvalue weighted by atomic mass is 10.2. The SMILES string of the molecule is C=C[C@H](NC(=O)O)C(CO[Si](C)(C)C(C)(C)C)O[Si](C)(C)C(C)(C)C. The molecule has 2 atom stereocenters. The lowest BCUT2D eigenvalue weighted by Crippen LogP contribution is -2.54. The van der Waals surface area contributed by atoms with E-state index in [1.165, 1.54) is 0 Å². The molecule has 0 aliphatic carbocycles. The molecular weight excluding hydrogens is 350 g/mol. The Hall–Kier alpha value is -0.636. The molecule has 0 fully saturated rings. The molecule has 148 valence electrons. The number of nitrogens with one attached hydrogen (secondary N) is 1. The number of hydrogen-bond acceptors (Lipinski definition) is 3. The Bertz CT molecular complexity index is 465. The van der Waals surface area contributed by atoms with Gasteiger partial charge in [0.25, 0.3) is 0 Å². The van der Waals surface area contributed by atoms with Crippen molar-refractivity contribution >= 4 is 22.7 Å². The zero-order valence-electron chi connectivity index (χ0n) is 17.8. The van der Waals surface area contributed by atoms with Crippen LogP contribution in [0.3, 0.4) is 0 Å². The molecule has 0 bridgehead atoms. The Morgan fingerprint density at radius 1 is 1.08 bits per heavy atom. The zero-order chi connectivity index (χ0) is 20.3. The monoisotopic (exact) mass is 389 g/mol. The van der Waals surface area contributed by atoms with Crippen molar-refractivity contribution in [3.8, 4) is 0 Å². The van der Waals surface area contributed by atoms with E-state index in [2.05, 4.69) is 79.6 Å². The van der Waals surface area contributed by atoms with Gasteiger partial charge in [0.1, 0.15) is 0 Å². The van der Waals surface area contributed by atoms with Crippen LogP contribution in [0.1, 0.15) is 41.5 Å². The minimum absolute atomic E-state index is 0.0250. The van der Waals surface area contributed by atoms with Crippen molar-refractivity contribution in [3.63, 3.8) is 0 Å².